The molecule has 0 bridgehead atoms. The van der Waals surface area contributed by atoms with Crippen molar-refractivity contribution in [2.45, 2.75) is 25.8 Å². The van der Waals surface area contributed by atoms with E-state index in [0.29, 0.717) is 17.3 Å². The van der Waals surface area contributed by atoms with Crippen molar-refractivity contribution >= 4 is 42.1 Å². The van der Waals surface area contributed by atoms with Crippen LogP contribution >= 0.6 is 36.2 Å². The van der Waals surface area contributed by atoms with Crippen LogP contribution in [0.3, 0.4) is 0 Å². The third-order valence-electron chi connectivity index (χ3n) is 4.18. The van der Waals surface area contributed by atoms with Crippen LogP contribution in [-0.4, -0.2) is 44.7 Å². The number of hydrogen-bond acceptors (Lipinski definition) is 5. The number of halogens is 2. The van der Waals surface area contributed by atoms with Crippen molar-refractivity contribution in [3.63, 3.8) is 0 Å². The fourth-order valence-corrected chi connectivity index (χ4v) is 3.77. The van der Waals surface area contributed by atoms with Crippen LogP contribution in [0.2, 0.25) is 0 Å². The maximum Gasteiger partial charge on any atom is 0.265 e. The summed E-state index contributed by atoms with van der Waals surface area (Å²) >= 11 is 1.42. The van der Waals surface area contributed by atoms with Crippen LogP contribution in [0.25, 0.3) is 10.6 Å². The van der Waals surface area contributed by atoms with Gasteiger partial charge in [-0.05, 0) is 18.8 Å². The predicted molar refractivity (Wildman–Crippen MR) is 101 cm³/mol. The lowest BCUT2D eigenvalue weighted by Crippen LogP contribution is -2.49. The zero-order chi connectivity index (χ0) is 15.7. The van der Waals surface area contributed by atoms with Crippen LogP contribution in [0.5, 0.6) is 0 Å². The molecule has 1 amide bonds. The van der Waals surface area contributed by atoms with Crippen molar-refractivity contribution in [2.24, 2.45) is 18.7 Å². The minimum absolute atomic E-state index is 0. The van der Waals surface area contributed by atoms with E-state index < -0.39 is 0 Å². The zero-order valence-electron chi connectivity index (χ0n) is 13.7. The van der Waals surface area contributed by atoms with E-state index in [2.05, 4.69) is 17.0 Å². The Morgan fingerprint density at radius 3 is 2.79 bits per heavy atom. The van der Waals surface area contributed by atoms with E-state index in [9.17, 15) is 4.79 Å². The summed E-state index contributed by atoms with van der Waals surface area (Å²) in [6.07, 6.45) is 7.35. The molecule has 2 aromatic heterocycles. The summed E-state index contributed by atoms with van der Waals surface area (Å²) in [4.78, 5) is 19.7. The average Bonchev–Trinajstić information content (AvgIpc) is 3.15. The summed E-state index contributed by atoms with van der Waals surface area (Å²) in [5, 5.41) is 4.97. The Balaban J connectivity index is 0.00000144. The lowest BCUT2D eigenvalue weighted by molar-refractivity contribution is 0.0578. The summed E-state index contributed by atoms with van der Waals surface area (Å²) in [6, 6.07) is 0.139. The molecule has 6 nitrogen and oxygen atoms in total. The standard InChI is InChI=1S/C15H21N5OS.2ClH/c1-10-3-4-20(12(5-10)6-16)15(21)13-8-17-14(22-13)11-7-18-19(2)9-11;;/h7-10,12H,3-6,16H2,1-2H3;2*1H. The van der Waals surface area contributed by atoms with Crippen molar-refractivity contribution in [1.82, 2.24) is 19.7 Å². The van der Waals surface area contributed by atoms with E-state index in [0.717, 1.165) is 30.0 Å². The second-order valence-electron chi connectivity index (χ2n) is 5.95. The van der Waals surface area contributed by atoms with E-state index in [-0.39, 0.29) is 36.8 Å². The predicted octanol–water partition coefficient (Wildman–Crippen LogP) is 2.59. The highest BCUT2D eigenvalue weighted by molar-refractivity contribution is 7.16. The molecule has 0 spiro atoms. The summed E-state index contributed by atoms with van der Waals surface area (Å²) in [5.41, 5.74) is 6.79. The molecule has 3 heterocycles. The number of amides is 1. The Bertz CT molecular complexity index is 674. The molecule has 1 fully saturated rings. The average molecular weight is 392 g/mol. The number of hydrogen-bond donors (Lipinski definition) is 1. The summed E-state index contributed by atoms with van der Waals surface area (Å²) in [6.45, 7) is 3.52. The SMILES string of the molecule is CC1CCN(C(=O)c2cnc(-c3cnn(C)c3)s2)C(CN)C1.Cl.Cl. The molecule has 2 N–H and O–H groups in total. The topological polar surface area (TPSA) is 77.0 Å². The van der Waals surface area contributed by atoms with Gasteiger partial charge in [0.1, 0.15) is 9.88 Å². The van der Waals surface area contributed by atoms with Crippen LogP contribution in [0.1, 0.15) is 29.4 Å². The number of rotatable bonds is 3. The van der Waals surface area contributed by atoms with Crippen molar-refractivity contribution in [2.75, 3.05) is 13.1 Å². The minimum Gasteiger partial charge on any atom is -0.334 e. The maximum absolute atomic E-state index is 12.7. The molecule has 2 unspecified atom stereocenters. The fourth-order valence-electron chi connectivity index (χ4n) is 2.92. The number of carbonyl (C=O) groups excluding carboxylic acids is 1. The summed E-state index contributed by atoms with van der Waals surface area (Å²) in [7, 11) is 1.86. The maximum atomic E-state index is 12.7. The van der Waals surface area contributed by atoms with Gasteiger partial charge in [-0.2, -0.15) is 5.10 Å². The molecule has 9 heteroatoms. The quantitative estimate of drug-likeness (QED) is 0.871. The Labute approximate surface area is 158 Å². The van der Waals surface area contributed by atoms with Crippen molar-refractivity contribution in [3.8, 4) is 10.6 Å². The number of nitrogens with zero attached hydrogens (tertiary/aromatic N) is 4. The summed E-state index contributed by atoms with van der Waals surface area (Å²) < 4.78 is 1.73. The fraction of sp³-hybridized carbons (Fsp3) is 0.533. The van der Waals surface area contributed by atoms with Crippen molar-refractivity contribution < 1.29 is 4.79 Å². The zero-order valence-corrected chi connectivity index (χ0v) is 16.2. The first kappa shape index (κ1) is 20.9. The molecule has 1 saturated heterocycles. The van der Waals surface area contributed by atoms with Crippen LogP contribution in [0.15, 0.2) is 18.6 Å². The number of thiazole rings is 1. The normalized spacial score (nSPS) is 20.2. The number of piperidine rings is 1. The van der Waals surface area contributed by atoms with E-state index in [1.165, 1.54) is 11.3 Å². The molecule has 0 aliphatic carbocycles. The molecule has 2 atom stereocenters. The molecule has 0 saturated carbocycles. The molecule has 0 aromatic carbocycles. The van der Waals surface area contributed by atoms with Gasteiger partial charge < -0.3 is 10.6 Å². The second-order valence-corrected chi connectivity index (χ2v) is 6.98. The molecule has 1 aliphatic heterocycles. The molecule has 2 aromatic rings. The van der Waals surface area contributed by atoms with Crippen LogP contribution in [0.4, 0.5) is 0 Å². The van der Waals surface area contributed by atoms with Gasteiger partial charge in [0, 0.05) is 37.9 Å². The Morgan fingerprint density at radius 1 is 1.42 bits per heavy atom. The van der Waals surface area contributed by atoms with Crippen LogP contribution in [-0.2, 0) is 7.05 Å². The van der Waals surface area contributed by atoms with Gasteiger partial charge in [0.05, 0.1) is 12.4 Å². The van der Waals surface area contributed by atoms with E-state index >= 15 is 0 Å². The molecular weight excluding hydrogens is 369 g/mol. The lowest BCUT2D eigenvalue weighted by atomic mass is 9.92. The first-order chi connectivity index (χ1) is 10.6. The highest BCUT2D eigenvalue weighted by Crippen LogP contribution is 2.28. The van der Waals surface area contributed by atoms with Gasteiger partial charge in [-0.25, -0.2) is 4.98 Å². The number of likely N-dealkylation sites (tertiary alicyclic amines) is 1. The number of nitrogens with two attached hydrogens (primary N) is 1. The van der Waals surface area contributed by atoms with E-state index in [4.69, 9.17) is 5.73 Å². The molecule has 0 radical (unpaired) electrons. The van der Waals surface area contributed by atoms with Crippen molar-refractivity contribution in [3.05, 3.63) is 23.5 Å². The second kappa shape index (κ2) is 8.80. The molecule has 1 aliphatic rings. The first-order valence-electron chi connectivity index (χ1n) is 7.54. The van der Waals surface area contributed by atoms with Gasteiger partial charge in [0.25, 0.3) is 5.91 Å². The third-order valence-corrected chi connectivity index (χ3v) is 5.21. The summed E-state index contributed by atoms with van der Waals surface area (Å²) in [5.74, 6) is 0.681. The van der Waals surface area contributed by atoms with Gasteiger partial charge in [-0.3, -0.25) is 9.48 Å². The highest BCUT2D eigenvalue weighted by atomic mass is 35.5. The molecular formula is C15H23Cl2N5OS. The number of aromatic nitrogens is 3. The minimum atomic E-state index is 0. The van der Waals surface area contributed by atoms with Gasteiger partial charge in [0.2, 0.25) is 0 Å². The molecule has 134 valence electrons. The Morgan fingerprint density at radius 2 is 2.17 bits per heavy atom. The first-order valence-corrected chi connectivity index (χ1v) is 8.36. The van der Waals surface area contributed by atoms with Crippen LogP contribution in [0, 0.1) is 5.92 Å². The van der Waals surface area contributed by atoms with Gasteiger partial charge >= 0.3 is 0 Å². The molecule has 3 rings (SSSR count). The monoisotopic (exact) mass is 391 g/mol. The van der Waals surface area contributed by atoms with Gasteiger partial charge in [-0.15, -0.1) is 36.2 Å². The van der Waals surface area contributed by atoms with Gasteiger partial charge in [-0.1, -0.05) is 6.92 Å². The van der Waals surface area contributed by atoms with E-state index in [1.54, 1.807) is 17.1 Å². The Kier molecular flexibility index (Phi) is 7.66. The third kappa shape index (κ3) is 4.27. The smallest absolute Gasteiger partial charge is 0.265 e. The lowest BCUT2D eigenvalue weighted by Gasteiger charge is -2.37. The number of carbonyl (C=O) groups is 1. The van der Waals surface area contributed by atoms with Gasteiger partial charge in [0.15, 0.2) is 0 Å². The van der Waals surface area contributed by atoms with E-state index in [1.807, 2.05) is 18.1 Å². The largest absolute Gasteiger partial charge is 0.334 e. The Hall–Kier alpha value is -1.15. The highest BCUT2D eigenvalue weighted by Gasteiger charge is 2.30. The van der Waals surface area contributed by atoms with Crippen LogP contribution < -0.4 is 5.73 Å². The molecule has 24 heavy (non-hydrogen) atoms. The number of aryl methyl sites for hydroxylation is 1. The van der Waals surface area contributed by atoms with Crippen molar-refractivity contribution in [1.29, 1.82) is 0 Å².